The van der Waals surface area contributed by atoms with E-state index in [4.69, 9.17) is 11.6 Å². The van der Waals surface area contributed by atoms with E-state index in [1.165, 1.54) is 62.7 Å². The summed E-state index contributed by atoms with van der Waals surface area (Å²) in [6.45, 7) is 6.60. The van der Waals surface area contributed by atoms with E-state index in [1.807, 2.05) is 25.2 Å². The summed E-state index contributed by atoms with van der Waals surface area (Å²) >= 11 is 5.97. The Hall–Kier alpha value is -1.95. The molecule has 1 aliphatic rings. The van der Waals surface area contributed by atoms with Crippen LogP contribution in [0.3, 0.4) is 0 Å². The number of hydrogen-bond acceptors (Lipinski definition) is 5. The fraction of sp³-hybridized carbons (Fsp3) is 0.571. The zero-order valence-corrected chi connectivity index (χ0v) is 21.6. The maximum atomic E-state index is 10.1. The highest BCUT2D eigenvalue weighted by Gasteiger charge is 2.26. The molecule has 0 saturated carbocycles. The molecule has 6 heteroatoms. The van der Waals surface area contributed by atoms with Crippen molar-refractivity contribution >= 4 is 17.3 Å². The van der Waals surface area contributed by atoms with E-state index in [1.54, 1.807) is 6.07 Å². The standard InChI is InChI=1S/C28H42ClN3O2/c1-3-17-32(23-10-11-24-22(20-23)9-13-27(34)28(24)30-2)18-7-5-4-6-15-31-16-14-21-8-12-26(33)25(29)19-21/h8-9,12-13,19,23,30-31,33-34H,3-7,10-11,14-18,20H2,1-2H3/t23-/m0/s1. The molecule has 2 aromatic carbocycles. The van der Waals surface area contributed by atoms with E-state index in [2.05, 4.69) is 28.5 Å². The number of nitrogens with zero attached hydrogens (tertiary/aromatic N) is 1. The fourth-order valence-corrected chi connectivity index (χ4v) is 5.36. The van der Waals surface area contributed by atoms with E-state index in [-0.39, 0.29) is 5.75 Å². The molecule has 0 spiro atoms. The van der Waals surface area contributed by atoms with Crippen LogP contribution in [0, 0.1) is 0 Å². The number of phenols is 2. The second kappa shape index (κ2) is 13.8. The van der Waals surface area contributed by atoms with Crippen LogP contribution in [-0.2, 0) is 19.3 Å². The first-order valence-corrected chi connectivity index (χ1v) is 13.3. The van der Waals surface area contributed by atoms with Gasteiger partial charge < -0.3 is 25.7 Å². The molecular weight excluding hydrogens is 446 g/mol. The van der Waals surface area contributed by atoms with E-state index in [0.29, 0.717) is 16.8 Å². The number of fused-ring (bicyclic) bond motifs is 1. The number of aromatic hydroxyl groups is 2. The number of rotatable bonds is 14. The molecule has 0 saturated heterocycles. The molecule has 0 unspecified atom stereocenters. The van der Waals surface area contributed by atoms with Crippen LogP contribution < -0.4 is 10.6 Å². The number of phenolic OH excluding ortho intramolecular Hbond substituents is 2. The smallest absolute Gasteiger partial charge is 0.138 e. The summed E-state index contributed by atoms with van der Waals surface area (Å²) in [7, 11) is 1.89. The SMILES string of the molecule is CCCN(CCCCCCNCCc1ccc(O)c(Cl)c1)[C@H]1CCc2c(ccc(O)c2NC)C1. The highest BCUT2D eigenvalue weighted by Crippen LogP contribution is 2.35. The van der Waals surface area contributed by atoms with Crippen molar-refractivity contribution in [1.82, 2.24) is 10.2 Å². The zero-order chi connectivity index (χ0) is 24.3. The molecule has 4 N–H and O–H groups in total. The highest BCUT2D eigenvalue weighted by molar-refractivity contribution is 6.32. The Bertz CT molecular complexity index is 905. The molecule has 0 fully saturated rings. The lowest BCUT2D eigenvalue weighted by molar-refractivity contribution is 0.176. The maximum Gasteiger partial charge on any atom is 0.138 e. The lowest BCUT2D eigenvalue weighted by Crippen LogP contribution is -2.40. The van der Waals surface area contributed by atoms with Gasteiger partial charge >= 0.3 is 0 Å². The molecule has 2 aromatic rings. The minimum absolute atomic E-state index is 0.146. The number of halogens is 1. The van der Waals surface area contributed by atoms with Crippen molar-refractivity contribution in [3.63, 3.8) is 0 Å². The predicted molar refractivity (Wildman–Crippen MR) is 143 cm³/mol. The molecule has 1 aliphatic carbocycles. The molecule has 0 bridgehead atoms. The summed E-state index contributed by atoms with van der Waals surface area (Å²) in [4.78, 5) is 2.70. The van der Waals surface area contributed by atoms with Crippen molar-refractivity contribution in [2.75, 3.05) is 38.5 Å². The average Bonchev–Trinajstić information content (AvgIpc) is 2.84. The van der Waals surface area contributed by atoms with Gasteiger partial charge in [0.15, 0.2) is 0 Å². The third-order valence-corrected chi connectivity index (χ3v) is 7.30. The predicted octanol–water partition coefficient (Wildman–Crippen LogP) is 5.75. The van der Waals surface area contributed by atoms with Crippen LogP contribution in [0.15, 0.2) is 30.3 Å². The fourth-order valence-electron chi connectivity index (χ4n) is 5.16. The summed E-state index contributed by atoms with van der Waals surface area (Å²) in [5.74, 6) is 0.511. The summed E-state index contributed by atoms with van der Waals surface area (Å²) < 4.78 is 0. The summed E-state index contributed by atoms with van der Waals surface area (Å²) in [6.07, 6.45) is 10.4. The van der Waals surface area contributed by atoms with Gasteiger partial charge in [0.25, 0.3) is 0 Å². The number of nitrogens with one attached hydrogen (secondary N) is 2. The van der Waals surface area contributed by atoms with Crippen molar-refractivity contribution < 1.29 is 10.2 Å². The molecule has 188 valence electrons. The molecule has 0 aromatic heterocycles. The van der Waals surface area contributed by atoms with Crippen LogP contribution >= 0.6 is 11.6 Å². The second-order valence-corrected chi connectivity index (χ2v) is 9.89. The molecule has 0 aliphatic heterocycles. The monoisotopic (exact) mass is 487 g/mol. The van der Waals surface area contributed by atoms with Gasteiger partial charge in [0.05, 0.1) is 10.7 Å². The Morgan fingerprint density at radius 3 is 2.56 bits per heavy atom. The van der Waals surface area contributed by atoms with Crippen molar-refractivity contribution in [3.05, 3.63) is 52.0 Å². The van der Waals surface area contributed by atoms with Crippen molar-refractivity contribution in [2.24, 2.45) is 0 Å². The van der Waals surface area contributed by atoms with Crippen LogP contribution in [-0.4, -0.2) is 54.4 Å². The van der Waals surface area contributed by atoms with E-state index in [9.17, 15) is 10.2 Å². The Balaban J connectivity index is 1.32. The van der Waals surface area contributed by atoms with E-state index < -0.39 is 0 Å². The van der Waals surface area contributed by atoms with Gasteiger partial charge in [0.1, 0.15) is 11.5 Å². The average molecular weight is 488 g/mol. The number of anilines is 1. The molecule has 5 nitrogen and oxygen atoms in total. The first-order valence-electron chi connectivity index (χ1n) is 13.0. The van der Waals surface area contributed by atoms with E-state index >= 15 is 0 Å². The summed E-state index contributed by atoms with van der Waals surface area (Å²) in [6, 6.07) is 10.00. The van der Waals surface area contributed by atoms with Gasteiger partial charge in [0, 0.05) is 13.1 Å². The first kappa shape index (κ1) is 26.7. The van der Waals surface area contributed by atoms with Gasteiger partial charge in [-0.1, -0.05) is 43.5 Å². The van der Waals surface area contributed by atoms with Crippen LogP contribution in [0.1, 0.15) is 62.1 Å². The van der Waals surface area contributed by atoms with Crippen molar-refractivity contribution in [2.45, 2.75) is 70.8 Å². The highest BCUT2D eigenvalue weighted by atomic mass is 35.5. The number of hydrogen-bond donors (Lipinski definition) is 4. The topological polar surface area (TPSA) is 67.8 Å². The van der Waals surface area contributed by atoms with E-state index in [0.717, 1.165) is 43.6 Å². The molecule has 3 rings (SSSR count). The lowest BCUT2D eigenvalue weighted by Gasteiger charge is -2.36. The van der Waals surface area contributed by atoms with Crippen molar-refractivity contribution in [1.29, 1.82) is 0 Å². The minimum Gasteiger partial charge on any atom is -0.506 e. The molecule has 0 heterocycles. The van der Waals surface area contributed by atoms with Gasteiger partial charge in [-0.2, -0.15) is 0 Å². The Kier molecular flexibility index (Phi) is 10.8. The largest absolute Gasteiger partial charge is 0.506 e. The summed E-state index contributed by atoms with van der Waals surface area (Å²) in [5.41, 5.74) is 4.76. The molecule has 0 amide bonds. The van der Waals surface area contributed by atoms with Gasteiger partial charge in [-0.25, -0.2) is 0 Å². The van der Waals surface area contributed by atoms with Gasteiger partial charge in [-0.3, -0.25) is 0 Å². The van der Waals surface area contributed by atoms with Crippen LogP contribution in [0.5, 0.6) is 11.5 Å². The lowest BCUT2D eigenvalue weighted by atomic mass is 9.86. The van der Waals surface area contributed by atoms with Gasteiger partial charge in [0.2, 0.25) is 0 Å². The maximum absolute atomic E-state index is 10.1. The Labute approximate surface area is 210 Å². The Morgan fingerprint density at radius 1 is 1.00 bits per heavy atom. The van der Waals surface area contributed by atoms with Crippen molar-refractivity contribution in [3.8, 4) is 11.5 Å². The van der Waals surface area contributed by atoms with Crippen LogP contribution in [0.2, 0.25) is 5.02 Å². The molecule has 0 radical (unpaired) electrons. The zero-order valence-electron chi connectivity index (χ0n) is 20.9. The normalized spacial score (nSPS) is 15.5. The minimum atomic E-state index is 0.146. The number of unbranched alkanes of at least 4 members (excludes halogenated alkanes) is 3. The first-order chi connectivity index (χ1) is 16.5. The second-order valence-electron chi connectivity index (χ2n) is 9.48. The Morgan fingerprint density at radius 2 is 1.79 bits per heavy atom. The van der Waals surface area contributed by atoms with Gasteiger partial charge in [-0.15, -0.1) is 0 Å². The number of benzene rings is 2. The molecule has 34 heavy (non-hydrogen) atoms. The van der Waals surface area contributed by atoms with Gasteiger partial charge in [-0.05, 0) is 106 Å². The summed E-state index contributed by atoms with van der Waals surface area (Å²) in [5, 5.41) is 26.8. The quantitative estimate of drug-likeness (QED) is 0.201. The molecule has 1 atom stereocenters. The molecular formula is C28H42ClN3O2. The third kappa shape index (κ3) is 7.53. The van der Waals surface area contributed by atoms with Crippen LogP contribution in [0.25, 0.3) is 0 Å². The third-order valence-electron chi connectivity index (χ3n) is 7.00. The van der Waals surface area contributed by atoms with Crippen LogP contribution in [0.4, 0.5) is 5.69 Å².